The molecular weight excluding hydrogens is 401 g/mol. The van der Waals surface area contributed by atoms with E-state index in [2.05, 4.69) is 15.5 Å². The summed E-state index contributed by atoms with van der Waals surface area (Å²) < 4.78 is 42.6. The molecule has 158 valence electrons. The number of fused-ring (bicyclic) bond motifs is 1. The third kappa shape index (κ3) is 3.62. The number of hydrogen-bond donors (Lipinski definition) is 1. The third-order valence-electron chi connectivity index (χ3n) is 5.17. The summed E-state index contributed by atoms with van der Waals surface area (Å²) >= 11 is 0. The molecule has 30 heavy (non-hydrogen) atoms. The highest BCUT2D eigenvalue weighted by molar-refractivity contribution is 5.93. The second kappa shape index (κ2) is 7.15. The van der Waals surface area contributed by atoms with E-state index in [4.69, 9.17) is 0 Å². The zero-order valence-corrected chi connectivity index (χ0v) is 16.3. The topological polar surface area (TPSA) is 86.7 Å². The molecule has 1 aliphatic carbocycles. The molecule has 4 rings (SSSR count). The van der Waals surface area contributed by atoms with Gasteiger partial charge in [0.15, 0.2) is 5.69 Å². The molecule has 1 N–H and O–H groups in total. The van der Waals surface area contributed by atoms with Gasteiger partial charge in [0, 0.05) is 44.2 Å². The van der Waals surface area contributed by atoms with Crippen LogP contribution in [-0.2, 0) is 26.7 Å². The Hall–Kier alpha value is -3.37. The molecule has 1 atom stereocenters. The van der Waals surface area contributed by atoms with E-state index in [1.54, 1.807) is 30.2 Å². The number of pyridine rings is 1. The first-order valence-electron chi connectivity index (χ1n) is 9.31. The van der Waals surface area contributed by atoms with Gasteiger partial charge in [-0.25, -0.2) is 4.68 Å². The summed E-state index contributed by atoms with van der Waals surface area (Å²) in [6.45, 7) is 0. The van der Waals surface area contributed by atoms with E-state index in [0.29, 0.717) is 18.5 Å². The smallest absolute Gasteiger partial charge is 0.344 e. The zero-order valence-electron chi connectivity index (χ0n) is 16.3. The van der Waals surface area contributed by atoms with Crippen LogP contribution in [0.2, 0.25) is 0 Å². The lowest BCUT2D eigenvalue weighted by Crippen LogP contribution is -2.31. The lowest BCUT2D eigenvalue weighted by Gasteiger charge is -2.22. The van der Waals surface area contributed by atoms with E-state index in [1.807, 2.05) is 0 Å². The van der Waals surface area contributed by atoms with Crippen molar-refractivity contribution in [3.8, 4) is 5.69 Å². The summed E-state index contributed by atoms with van der Waals surface area (Å²) in [4.78, 5) is 24.5. The van der Waals surface area contributed by atoms with Crippen molar-refractivity contribution in [3.05, 3.63) is 63.6 Å². The number of aromatic nitrogens is 5. The van der Waals surface area contributed by atoms with Crippen LogP contribution in [0.1, 0.15) is 46.3 Å². The van der Waals surface area contributed by atoms with Crippen LogP contribution in [0.25, 0.3) is 5.69 Å². The second-order valence-corrected chi connectivity index (χ2v) is 7.26. The number of nitrogens with one attached hydrogen (secondary N) is 1. The zero-order chi connectivity index (χ0) is 21.6. The number of carbonyl (C=O) groups excluding carboxylic acids is 1. The molecule has 0 unspecified atom stereocenters. The summed E-state index contributed by atoms with van der Waals surface area (Å²) in [5.41, 5.74) is 0.703. The maximum Gasteiger partial charge on any atom is 0.435 e. The van der Waals surface area contributed by atoms with Crippen molar-refractivity contribution in [2.24, 2.45) is 14.1 Å². The number of nitrogens with zero attached hydrogens (tertiary/aromatic N) is 5. The predicted molar refractivity (Wildman–Crippen MR) is 100 cm³/mol. The molecule has 0 aromatic carbocycles. The number of halogens is 3. The van der Waals surface area contributed by atoms with E-state index in [9.17, 15) is 22.8 Å². The van der Waals surface area contributed by atoms with Gasteiger partial charge in [-0.05, 0) is 25.3 Å². The first-order valence-corrected chi connectivity index (χ1v) is 9.31. The number of amides is 1. The summed E-state index contributed by atoms with van der Waals surface area (Å²) in [7, 11) is 2.94. The minimum Gasteiger partial charge on any atom is -0.344 e. The highest BCUT2D eigenvalue weighted by atomic mass is 19.4. The van der Waals surface area contributed by atoms with E-state index in [0.717, 1.165) is 28.4 Å². The first-order chi connectivity index (χ1) is 14.1. The maximum absolute atomic E-state index is 12.9. The number of aryl methyl sites for hydroxylation is 3. The number of hydrogen-bond acceptors (Lipinski definition) is 4. The van der Waals surface area contributed by atoms with Crippen molar-refractivity contribution in [2.75, 3.05) is 0 Å². The average Bonchev–Trinajstić information content (AvgIpc) is 3.28. The number of carbonyl (C=O) groups is 1. The molecule has 0 radical (unpaired) electrons. The third-order valence-corrected chi connectivity index (χ3v) is 5.17. The van der Waals surface area contributed by atoms with E-state index < -0.39 is 23.8 Å². The molecule has 0 fully saturated rings. The molecule has 3 aromatic rings. The lowest BCUT2D eigenvalue weighted by molar-refractivity contribution is -0.141. The fraction of sp³-hybridized carbons (Fsp3) is 0.368. The Kier molecular flexibility index (Phi) is 4.75. The molecule has 1 amide bonds. The lowest BCUT2D eigenvalue weighted by atomic mass is 9.93. The largest absolute Gasteiger partial charge is 0.435 e. The van der Waals surface area contributed by atoms with Gasteiger partial charge in [-0.2, -0.15) is 23.4 Å². The van der Waals surface area contributed by atoms with Crippen molar-refractivity contribution in [2.45, 2.75) is 31.5 Å². The van der Waals surface area contributed by atoms with Gasteiger partial charge in [0.1, 0.15) is 5.69 Å². The van der Waals surface area contributed by atoms with Crippen molar-refractivity contribution < 1.29 is 18.0 Å². The molecule has 0 spiro atoms. The maximum atomic E-state index is 12.9. The number of alkyl halides is 3. The summed E-state index contributed by atoms with van der Waals surface area (Å²) in [5, 5.41) is 10.7. The highest BCUT2D eigenvalue weighted by Gasteiger charge is 2.36. The molecule has 0 saturated carbocycles. The van der Waals surface area contributed by atoms with E-state index in [-0.39, 0.29) is 11.3 Å². The molecule has 3 heterocycles. The fourth-order valence-corrected chi connectivity index (χ4v) is 3.55. The molecule has 1 aliphatic rings. The van der Waals surface area contributed by atoms with Gasteiger partial charge in [-0.1, -0.05) is 0 Å². The van der Waals surface area contributed by atoms with Crippen LogP contribution < -0.4 is 10.9 Å². The molecule has 0 bridgehead atoms. The Bertz CT molecular complexity index is 1170. The highest BCUT2D eigenvalue weighted by Crippen LogP contribution is 2.31. The Morgan fingerprint density at radius 2 is 2.00 bits per heavy atom. The van der Waals surface area contributed by atoms with Gasteiger partial charge < -0.3 is 9.88 Å². The van der Waals surface area contributed by atoms with Crippen LogP contribution in [0.3, 0.4) is 0 Å². The van der Waals surface area contributed by atoms with Crippen LogP contribution in [0.15, 0.2) is 35.4 Å². The van der Waals surface area contributed by atoms with Crippen LogP contribution in [0.4, 0.5) is 13.2 Å². The molecule has 0 saturated heterocycles. The van der Waals surface area contributed by atoms with Gasteiger partial charge in [0.25, 0.3) is 11.5 Å². The Labute approximate surface area is 168 Å². The molecule has 11 heteroatoms. The van der Waals surface area contributed by atoms with Crippen LogP contribution in [-0.4, -0.2) is 30.0 Å². The van der Waals surface area contributed by atoms with Crippen molar-refractivity contribution in [1.29, 1.82) is 0 Å². The van der Waals surface area contributed by atoms with Gasteiger partial charge in [-0.3, -0.25) is 14.3 Å². The fourth-order valence-electron chi connectivity index (χ4n) is 3.55. The minimum atomic E-state index is -4.62. The Balaban J connectivity index is 1.60. The molecule has 8 nitrogen and oxygen atoms in total. The molecular formula is C19H19F3N6O2. The summed E-state index contributed by atoms with van der Waals surface area (Å²) in [5.74, 6) is -0.639. The average molecular weight is 420 g/mol. The van der Waals surface area contributed by atoms with Crippen LogP contribution in [0.5, 0.6) is 0 Å². The van der Waals surface area contributed by atoms with E-state index in [1.165, 1.54) is 17.7 Å². The van der Waals surface area contributed by atoms with Crippen molar-refractivity contribution in [3.63, 3.8) is 0 Å². The van der Waals surface area contributed by atoms with Crippen LogP contribution in [0, 0.1) is 0 Å². The predicted octanol–water partition coefficient (Wildman–Crippen LogP) is 2.13. The van der Waals surface area contributed by atoms with Crippen molar-refractivity contribution >= 4 is 5.91 Å². The summed E-state index contributed by atoms with van der Waals surface area (Å²) in [6.07, 6.45) is 0.873. The first kappa shape index (κ1) is 19.9. The number of rotatable bonds is 3. The standard InChI is InChI=1S/C19H19F3N6O2/c1-26-7-6-11(8-17(26)29)28-10-12-13(4-3-5-14(12)24-28)23-18(30)15-9-16(19(20,21)22)25-27(15)2/h6-10,13H,3-5H2,1-2H3,(H,23,30)/t13-/m1/s1. The monoisotopic (exact) mass is 420 g/mol. The molecule has 3 aromatic heterocycles. The normalized spacial score (nSPS) is 16.4. The quantitative estimate of drug-likeness (QED) is 0.703. The van der Waals surface area contributed by atoms with Gasteiger partial charge in [0.05, 0.1) is 17.4 Å². The summed E-state index contributed by atoms with van der Waals surface area (Å²) in [6, 6.07) is 3.55. The van der Waals surface area contributed by atoms with Gasteiger partial charge >= 0.3 is 6.18 Å². The van der Waals surface area contributed by atoms with E-state index >= 15 is 0 Å². The van der Waals surface area contributed by atoms with Gasteiger partial charge in [-0.15, -0.1) is 0 Å². The molecule has 0 aliphatic heterocycles. The van der Waals surface area contributed by atoms with Crippen LogP contribution >= 0.6 is 0 Å². The second-order valence-electron chi connectivity index (χ2n) is 7.26. The van der Waals surface area contributed by atoms with Crippen molar-refractivity contribution in [1.82, 2.24) is 29.4 Å². The Morgan fingerprint density at radius 1 is 1.23 bits per heavy atom. The SMILES string of the molecule is Cn1nc(C(F)(F)F)cc1C(=O)N[C@@H]1CCCc2nn(-c3ccn(C)c(=O)c3)cc21. The Morgan fingerprint density at radius 3 is 2.67 bits per heavy atom. The van der Waals surface area contributed by atoms with Gasteiger partial charge in [0.2, 0.25) is 0 Å². The minimum absolute atomic E-state index is 0.173.